The van der Waals surface area contributed by atoms with Crippen LogP contribution in [0.25, 0.3) is 0 Å². The molecule has 2 heterocycles. The van der Waals surface area contributed by atoms with Crippen LogP contribution >= 0.6 is 0 Å². The summed E-state index contributed by atoms with van der Waals surface area (Å²) in [6, 6.07) is 3.62. The Hall–Kier alpha value is -2.35. The van der Waals surface area contributed by atoms with Gasteiger partial charge in [-0.1, -0.05) is 0 Å². The van der Waals surface area contributed by atoms with Gasteiger partial charge in [-0.2, -0.15) is 17.5 Å². The molecule has 0 bridgehead atoms. The quantitative estimate of drug-likeness (QED) is 0.670. The number of nitrogens with zero attached hydrogens (tertiary/aromatic N) is 3. The van der Waals surface area contributed by atoms with E-state index in [2.05, 4.69) is 19.4 Å². The van der Waals surface area contributed by atoms with E-state index in [4.69, 9.17) is 0 Å². The molecule has 2 aromatic rings. The Bertz CT molecular complexity index is 956. The number of sulfonamides is 1. The topological polar surface area (TPSA) is 85.5 Å². The first kappa shape index (κ1) is 21.4. The number of aromatic nitrogens is 2. The summed E-state index contributed by atoms with van der Waals surface area (Å²) in [4.78, 5) is -0.283. The number of piperidine rings is 1. The molecule has 0 aliphatic carbocycles. The Morgan fingerprint density at radius 1 is 1.07 bits per heavy atom. The van der Waals surface area contributed by atoms with Gasteiger partial charge >= 0.3 is 18.4 Å². The molecule has 29 heavy (non-hydrogen) atoms. The number of alkyl halides is 6. The molecule has 14 heteroatoms. The van der Waals surface area contributed by atoms with Crippen molar-refractivity contribution < 1.29 is 43.9 Å². The third-order valence-electron chi connectivity index (χ3n) is 4.11. The largest absolute Gasteiger partial charge is 0.573 e. The minimum Gasteiger partial charge on any atom is -0.417 e. The molecule has 1 atom stereocenters. The van der Waals surface area contributed by atoms with Gasteiger partial charge in [-0.05, 0) is 37.1 Å². The van der Waals surface area contributed by atoms with Crippen molar-refractivity contribution in [1.82, 2.24) is 14.5 Å². The number of rotatable bonds is 4. The van der Waals surface area contributed by atoms with Crippen molar-refractivity contribution in [2.45, 2.75) is 36.2 Å². The lowest BCUT2D eigenvalue weighted by Gasteiger charge is -2.30. The lowest BCUT2D eigenvalue weighted by atomic mass is 10.00. The first-order valence-electron chi connectivity index (χ1n) is 8.13. The average molecular weight is 445 g/mol. The summed E-state index contributed by atoms with van der Waals surface area (Å²) in [7, 11) is -4.10. The highest BCUT2D eigenvalue weighted by Crippen LogP contribution is 2.34. The van der Waals surface area contributed by atoms with Crippen LogP contribution in [0.2, 0.25) is 0 Å². The summed E-state index contributed by atoms with van der Waals surface area (Å²) in [5.41, 5.74) is 0. The lowest BCUT2D eigenvalue weighted by molar-refractivity contribution is -0.274. The van der Waals surface area contributed by atoms with Gasteiger partial charge in [-0.25, -0.2) is 8.42 Å². The fourth-order valence-electron chi connectivity index (χ4n) is 2.84. The second-order valence-corrected chi connectivity index (χ2v) is 8.10. The minimum atomic E-state index is -4.92. The third kappa shape index (κ3) is 4.98. The van der Waals surface area contributed by atoms with Gasteiger partial charge in [0, 0.05) is 13.1 Å². The monoisotopic (exact) mass is 445 g/mol. The molecule has 1 aliphatic rings. The van der Waals surface area contributed by atoms with Crippen LogP contribution in [-0.4, -0.2) is 42.4 Å². The average Bonchev–Trinajstić information content (AvgIpc) is 3.11. The van der Waals surface area contributed by atoms with E-state index < -0.39 is 40.1 Å². The normalized spacial score (nSPS) is 19.3. The Kier molecular flexibility index (Phi) is 5.51. The van der Waals surface area contributed by atoms with Gasteiger partial charge in [0.2, 0.25) is 15.9 Å². The SMILES string of the molecule is O=S(=O)(c1ccc(OC(F)(F)F)cc1)N1CCCC(c2nnc(C(F)(F)F)o2)C1. The molecular weight excluding hydrogens is 432 g/mol. The Balaban J connectivity index is 1.76. The number of benzene rings is 1. The summed E-state index contributed by atoms with van der Waals surface area (Å²) >= 11 is 0. The summed E-state index contributed by atoms with van der Waals surface area (Å²) < 4.78 is 109. The lowest BCUT2D eigenvalue weighted by Crippen LogP contribution is -2.39. The van der Waals surface area contributed by atoms with E-state index in [9.17, 15) is 34.8 Å². The summed E-state index contributed by atoms with van der Waals surface area (Å²) in [6.07, 6.45) is -9.07. The van der Waals surface area contributed by atoms with E-state index >= 15 is 0 Å². The maximum Gasteiger partial charge on any atom is 0.573 e. The van der Waals surface area contributed by atoms with Crippen LogP contribution in [0.1, 0.15) is 30.5 Å². The van der Waals surface area contributed by atoms with E-state index in [0.717, 1.165) is 28.6 Å². The fraction of sp³-hybridized carbons (Fsp3) is 0.467. The van der Waals surface area contributed by atoms with Gasteiger partial charge in [-0.15, -0.1) is 23.4 Å². The van der Waals surface area contributed by atoms with Gasteiger partial charge in [-0.3, -0.25) is 0 Å². The molecular formula is C15H13F6N3O4S. The number of hydrogen-bond acceptors (Lipinski definition) is 6. The second-order valence-electron chi connectivity index (χ2n) is 6.16. The van der Waals surface area contributed by atoms with Crippen molar-refractivity contribution in [1.29, 1.82) is 0 Å². The number of ether oxygens (including phenoxy) is 1. The molecule has 160 valence electrons. The van der Waals surface area contributed by atoms with Crippen LogP contribution < -0.4 is 4.74 Å². The molecule has 0 amide bonds. The van der Waals surface area contributed by atoms with E-state index in [1.807, 2.05) is 0 Å². The van der Waals surface area contributed by atoms with Gasteiger partial charge in [0.15, 0.2) is 0 Å². The molecule has 1 aromatic carbocycles. The molecule has 0 radical (unpaired) electrons. The van der Waals surface area contributed by atoms with E-state index in [0.29, 0.717) is 12.8 Å². The first-order chi connectivity index (χ1) is 13.4. The summed E-state index contributed by atoms with van der Waals surface area (Å²) in [5, 5.41) is 6.29. The van der Waals surface area contributed by atoms with Crippen molar-refractivity contribution in [2.24, 2.45) is 0 Å². The van der Waals surface area contributed by atoms with Gasteiger partial charge in [0.1, 0.15) is 5.75 Å². The molecule has 0 spiro atoms. The van der Waals surface area contributed by atoms with Crippen molar-refractivity contribution in [3.8, 4) is 5.75 Å². The first-order valence-corrected chi connectivity index (χ1v) is 9.57. The van der Waals surface area contributed by atoms with E-state index in [-0.39, 0.29) is 23.9 Å². The molecule has 1 aromatic heterocycles. The third-order valence-corrected chi connectivity index (χ3v) is 5.99. The zero-order valence-corrected chi connectivity index (χ0v) is 15.2. The summed E-state index contributed by atoms with van der Waals surface area (Å²) in [6.45, 7) is -0.122. The van der Waals surface area contributed by atoms with Crippen LogP contribution in [0.4, 0.5) is 26.3 Å². The van der Waals surface area contributed by atoms with Crippen molar-refractivity contribution in [2.75, 3.05) is 13.1 Å². The van der Waals surface area contributed by atoms with Crippen molar-refractivity contribution >= 4 is 10.0 Å². The number of halogens is 6. The van der Waals surface area contributed by atoms with Crippen LogP contribution in [0.15, 0.2) is 33.6 Å². The highest BCUT2D eigenvalue weighted by molar-refractivity contribution is 7.89. The van der Waals surface area contributed by atoms with E-state index in [1.54, 1.807) is 0 Å². The molecule has 1 aliphatic heterocycles. The predicted molar refractivity (Wildman–Crippen MR) is 83.2 cm³/mol. The zero-order chi connectivity index (χ0) is 21.4. The molecule has 0 saturated carbocycles. The molecule has 1 saturated heterocycles. The molecule has 0 N–H and O–H groups in total. The van der Waals surface area contributed by atoms with Crippen LogP contribution in [-0.2, 0) is 16.2 Å². The molecule has 3 rings (SSSR count). The Labute approximate surface area is 160 Å². The maximum atomic E-state index is 12.7. The van der Waals surface area contributed by atoms with Crippen LogP contribution in [0, 0.1) is 0 Å². The smallest absolute Gasteiger partial charge is 0.417 e. The van der Waals surface area contributed by atoms with E-state index in [1.165, 1.54) is 0 Å². The van der Waals surface area contributed by atoms with Crippen molar-refractivity contribution in [3.63, 3.8) is 0 Å². The highest BCUT2D eigenvalue weighted by Gasteiger charge is 2.40. The van der Waals surface area contributed by atoms with Crippen LogP contribution in [0.3, 0.4) is 0 Å². The number of hydrogen-bond donors (Lipinski definition) is 0. The standard InChI is InChI=1S/C15H13F6N3O4S/c16-14(17,18)13-23-22-12(27-13)9-2-1-7-24(8-9)29(25,26)11-5-3-10(4-6-11)28-15(19,20)21/h3-6,9H,1-2,7-8H2. The Morgan fingerprint density at radius 3 is 2.28 bits per heavy atom. The second kappa shape index (κ2) is 7.48. The summed E-state index contributed by atoms with van der Waals surface area (Å²) in [5.74, 6) is -3.17. The molecule has 7 nitrogen and oxygen atoms in total. The minimum absolute atomic E-state index is 0.0832. The fourth-order valence-corrected chi connectivity index (χ4v) is 4.36. The van der Waals surface area contributed by atoms with Crippen molar-refractivity contribution in [3.05, 3.63) is 36.0 Å². The van der Waals surface area contributed by atoms with Gasteiger partial charge in [0.25, 0.3) is 0 Å². The maximum absolute atomic E-state index is 12.7. The van der Waals surface area contributed by atoms with Gasteiger partial charge in [0.05, 0.1) is 10.8 Å². The highest BCUT2D eigenvalue weighted by atomic mass is 32.2. The van der Waals surface area contributed by atoms with Gasteiger partial charge < -0.3 is 9.15 Å². The molecule has 1 unspecified atom stereocenters. The Morgan fingerprint density at radius 2 is 1.72 bits per heavy atom. The van der Waals surface area contributed by atoms with Crippen LogP contribution in [0.5, 0.6) is 5.75 Å². The predicted octanol–water partition coefficient (Wildman–Crippen LogP) is 3.56. The molecule has 1 fully saturated rings. The zero-order valence-electron chi connectivity index (χ0n) is 14.4.